The Morgan fingerprint density at radius 1 is 1.13 bits per heavy atom. The first kappa shape index (κ1) is 29.2. The van der Waals surface area contributed by atoms with Crippen molar-refractivity contribution in [2.45, 2.75) is 25.7 Å². The molecule has 12 nitrogen and oxygen atoms in total. The van der Waals surface area contributed by atoms with Crippen LogP contribution in [0.3, 0.4) is 0 Å². The third-order valence-electron chi connectivity index (χ3n) is 5.33. The second-order valence-electron chi connectivity index (χ2n) is 8.29. The first-order valence-corrected chi connectivity index (χ1v) is 13.0. The fourth-order valence-corrected chi connectivity index (χ4v) is 3.71. The molecule has 0 bridgehead atoms. The van der Waals surface area contributed by atoms with E-state index in [4.69, 9.17) is 5.73 Å². The number of nitrogens with zero attached hydrogens (tertiary/aromatic N) is 4. The average molecular weight is 567 g/mol. The van der Waals surface area contributed by atoms with Crippen molar-refractivity contribution in [1.82, 2.24) is 15.0 Å². The van der Waals surface area contributed by atoms with E-state index in [0.717, 1.165) is 10.6 Å². The molecular formula is C23H25F3N8O4S. The minimum Gasteiger partial charge on any atom is -0.364 e. The molecule has 1 aromatic carbocycles. The Bertz CT molecular complexity index is 1480. The zero-order valence-corrected chi connectivity index (χ0v) is 21.8. The minimum atomic E-state index is -4.79. The topological polar surface area (TPSA) is 172 Å². The van der Waals surface area contributed by atoms with Crippen LogP contribution in [0.2, 0.25) is 0 Å². The van der Waals surface area contributed by atoms with Crippen LogP contribution in [0.5, 0.6) is 0 Å². The average Bonchev–Trinajstić information content (AvgIpc) is 2.85. The van der Waals surface area contributed by atoms with Gasteiger partial charge in [-0.2, -0.15) is 18.2 Å². The zero-order chi connectivity index (χ0) is 29.0. The van der Waals surface area contributed by atoms with Crippen LogP contribution in [0.1, 0.15) is 18.2 Å². The van der Waals surface area contributed by atoms with Gasteiger partial charge in [0.2, 0.25) is 21.9 Å². The SMILES string of the molecule is CC(=O)C(N)C(=O)Nc1cccc(Nc2ncc(C(F)(F)F)c(NCc3ncccc3N(C)S(C)(=O)=O)n2)c1. The number of nitrogens with two attached hydrogens (primary N) is 1. The quantitative estimate of drug-likeness (QED) is 0.267. The largest absolute Gasteiger partial charge is 0.421 e. The predicted octanol–water partition coefficient (Wildman–Crippen LogP) is 2.50. The van der Waals surface area contributed by atoms with Gasteiger partial charge in [-0.05, 0) is 37.3 Å². The number of benzene rings is 1. The van der Waals surface area contributed by atoms with Gasteiger partial charge in [0, 0.05) is 30.8 Å². The number of carbonyl (C=O) groups is 2. The van der Waals surface area contributed by atoms with Gasteiger partial charge in [-0.3, -0.25) is 18.9 Å². The number of ketones is 1. The maximum absolute atomic E-state index is 13.7. The van der Waals surface area contributed by atoms with E-state index in [-0.39, 0.29) is 29.6 Å². The van der Waals surface area contributed by atoms with Crippen LogP contribution in [0.25, 0.3) is 0 Å². The highest BCUT2D eigenvalue weighted by atomic mass is 32.2. The lowest BCUT2D eigenvalue weighted by molar-refractivity contribution is -0.137. The molecule has 2 aromatic heterocycles. The summed E-state index contributed by atoms with van der Waals surface area (Å²) in [5.41, 5.74) is 5.30. The number of carbonyl (C=O) groups excluding carboxylic acids is 2. The molecule has 0 spiro atoms. The van der Waals surface area contributed by atoms with Gasteiger partial charge in [-0.1, -0.05) is 6.07 Å². The summed E-state index contributed by atoms with van der Waals surface area (Å²) in [6.07, 6.45) is -1.84. The highest BCUT2D eigenvalue weighted by molar-refractivity contribution is 7.92. The lowest BCUT2D eigenvalue weighted by Gasteiger charge is -2.20. The summed E-state index contributed by atoms with van der Waals surface area (Å²) < 4.78 is 65.9. The van der Waals surface area contributed by atoms with Crippen molar-refractivity contribution in [3.05, 3.63) is 60.0 Å². The van der Waals surface area contributed by atoms with Gasteiger partial charge in [-0.15, -0.1) is 0 Å². The number of nitrogens with one attached hydrogen (secondary N) is 3. The molecule has 1 amide bonds. The number of hydrogen-bond donors (Lipinski definition) is 4. The van der Waals surface area contributed by atoms with Gasteiger partial charge >= 0.3 is 6.18 Å². The second-order valence-corrected chi connectivity index (χ2v) is 10.3. The van der Waals surface area contributed by atoms with Gasteiger partial charge in [0.1, 0.15) is 17.4 Å². The van der Waals surface area contributed by atoms with E-state index in [1.54, 1.807) is 12.1 Å². The van der Waals surface area contributed by atoms with E-state index in [0.29, 0.717) is 11.9 Å². The maximum Gasteiger partial charge on any atom is 0.421 e. The normalized spacial score (nSPS) is 12.4. The summed E-state index contributed by atoms with van der Waals surface area (Å²) in [4.78, 5) is 35.2. The number of aromatic nitrogens is 3. The molecule has 0 saturated heterocycles. The molecule has 3 aromatic rings. The van der Waals surface area contributed by atoms with Gasteiger partial charge in [0.15, 0.2) is 5.78 Å². The van der Waals surface area contributed by atoms with E-state index >= 15 is 0 Å². The number of alkyl halides is 3. The Labute approximate surface area is 221 Å². The van der Waals surface area contributed by atoms with Crippen LogP contribution in [0.4, 0.5) is 42.0 Å². The predicted molar refractivity (Wildman–Crippen MR) is 139 cm³/mol. The van der Waals surface area contributed by atoms with Crippen molar-refractivity contribution in [3.8, 4) is 0 Å². The van der Waals surface area contributed by atoms with Crippen molar-refractivity contribution >= 4 is 50.5 Å². The van der Waals surface area contributed by atoms with E-state index in [1.165, 1.54) is 44.4 Å². The van der Waals surface area contributed by atoms with Crippen molar-refractivity contribution in [1.29, 1.82) is 0 Å². The minimum absolute atomic E-state index is 0.166. The molecule has 3 rings (SSSR count). The monoisotopic (exact) mass is 566 g/mol. The van der Waals surface area contributed by atoms with Crippen molar-refractivity contribution in [2.75, 3.05) is 33.6 Å². The number of pyridine rings is 1. The number of sulfonamides is 1. The summed E-state index contributed by atoms with van der Waals surface area (Å²) in [5.74, 6) is -2.03. The maximum atomic E-state index is 13.7. The fourth-order valence-electron chi connectivity index (χ4n) is 3.19. The highest BCUT2D eigenvalue weighted by Gasteiger charge is 2.35. The Kier molecular flexibility index (Phi) is 8.71. The summed E-state index contributed by atoms with van der Waals surface area (Å²) in [6.45, 7) is 0.891. The van der Waals surface area contributed by atoms with E-state index in [9.17, 15) is 31.2 Å². The molecule has 16 heteroatoms. The number of halogens is 3. The Hall–Kier alpha value is -4.31. The lowest BCUT2D eigenvalue weighted by Crippen LogP contribution is -2.41. The summed E-state index contributed by atoms with van der Waals surface area (Å²) in [5, 5.41) is 7.80. The summed E-state index contributed by atoms with van der Waals surface area (Å²) in [7, 11) is -2.35. The second kappa shape index (κ2) is 11.6. The zero-order valence-electron chi connectivity index (χ0n) is 20.9. The molecule has 1 atom stereocenters. The molecule has 0 aliphatic rings. The Morgan fingerprint density at radius 2 is 1.82 bits per heavy atom. The molecule has 208 valence electrons. The van der Waals surface area contributed by atoms with Crippen molar-refractivity contribution in [2.24, 2.45) is 5.73 Å². The number of amides is 1. The molecule has 0 aliphatic heterocycles. The third kappa shape index (κ3) is 7.61. The van der Waals surface area contributed by atoms with E-state index < -0.39 is 45.3 Å². The Balaban J connectivity index is 1.86. The van der Waals surface area contributed by atoms with E-state index in [1.807, 2.05) is 0 Å². The van der Waals surface area contributed by atoms with Gasteiger partial charge in [0.25, 0.3) is 0 Å². The van der Waals surface area contributed by atoms with Crippen molar-refractivity contribution < 1.29 is 31.2 Å². The number of anilines is 5. The lowest BCUT2D eigenvalue weighted by atomic mass is 10.2. The molecular weight excluding hydrogens is 541 g/mol. The van der Waals surface area contributed by atoms with Gasteiger partial charge < -0.3 is 21.7 Å². The van der Waals surface area contributed by atoms with Crippen LogP contribution in [-0.4, -0.2) is 54.4 Å². The fraction of sp³-hybridized carbons (Fsp3) is 0.261. The first-order chi connectivity index (χ1) is 18.2. The smallest absolute Gasteiger partial charge is 0.364 e. The van der Waals surface area contributed by atoms with Crippen LogP contribution < -0.4 is 26.0 Å². The third-order valence-corrected chi connectivity index (χ3v) is 6.52. The van der Waals surface area contributed by atoms with Crippen LogP contribution >= 0.6 is 0 Å². The standard InChI is InChI=1S/C23H25F3N8O4S/c1-13(35)19(27)21(36)31-14-6-4-7-15(10-14)32-22-30-11-16(23(24,25)26)20(33-22)29-12-17-18(8-5-9-28-17)34(2)39(3,37)38/h4-11,19H,12,27H2,1-3H3,(H,31,36)(H2,29,30,32,33). The molecule has 0 saturated carbocycles. The molecule has 39 heavy (non-hydrogen) atoms. The summed E-state index contributed by atoms with van der Waals surface area (Å²) in [6, 6.07) is 7.67. The Morgan fingerprint density at radius 3 is 2.46 bits per heavy atom. The molecule has 0 fully saturated rings. The highest BCUT2D eigenvalue weighted by Crippen LogP contribution is 2.34. The van der Waals surface area contributed by atoms with E-state index in [2.05, 4.69) is 30.9 Å². The number of rotatable bonds is 10. The molecule has 2 heterocycles. The van der Waals surface area contributed by atoms with Gasteiger partial charge in [-0.25, -0.2) is 13.4 Å². The van der Waals surface area contributed by atoms with Crippen LogP contribution in [-0.2, 0) is 32.3 Å². The molecule has 1 unspecified atom stereocenters. The molecule has 0 aliphatic carbocycles. The molecule has 0 radical (unpaired) electrons. The van der Waals surface area contributed by atoms with Crippen LogP contribution in [0.15, 0.2) is 48.8 Å². The van der Waals surface area contributed by atoms with Crippen molar-refractivity contribution in [3.63, 3.8) is 0 Å². The van der Waals surface area contributed by atoms with Gasteiger partial charge in [0.05, 0.1) is 24.2 Å². The molecule has 5 N–H and O–H groups in total. The first-order valence-electron chi connectivity index (χ1n) is 11.2. The van der Waals surface area contributed by atoms with Crippen LogP contribution in [0, 0.1) is 0 Å². The number of Topliss-reactive ketones (excluding diaryl/α,β-unsaturated/α-hetero) is 1. The number of hydrogen-bond acceptors (Lipinski definition) is 10. The summed E-state index contributed by atoms with van der Waals surface area (Å²) >= 11 is 0.